The second-order valence-electron chi connectivity index (χ2n) is 5.78. The largest absolute Gasteiger partial charge is 0.477 e. The highest BCUT2D eigenvalue weighted by Crippen LogP contribution is 2.33. The van der Waals surface area contributed by atoms with Crippen LogP contribution in [0.5, 0.6) is 0 Å². The van der Waals surface area contributed by atoms with E-state index in [4.69, 9.17) is 9.84 Å². The molecular weight excluding hydrogens is 326 g/mol. The Morgan fingerprint density at radius 1 is 1.17 bits per heavy atom. The number of hydrogen-bond acceptors (Lipinski definition) is 4. The number of carboxylic acids is 1. The van der Waals surface area contributed by atoms with Crippen LogP contribution in [0.4, 0.5) is 0 Å². The number of ether oxygens (including phenoxy) is 1. The maximum Gasteiger partial charge on any atom is 0.345 e. The maximum atomic E-state index is 12.2. The monoisotopic (exact) mass is 345 g/mol. The summed E-state index contributed by atoms with van der Waals surface area (Å²) in [6.45, 7) is 1.25. The number of benzene rings is 1. The molecule has 0 spiro atoms. The molecule has 1 aromatic carbocycles. The molecule has 1 aromatic heterocycles. The van der Waals surface area contributed by atoms with Gasteiger partial charge in [0.1, 0.15) is 4.88 Å². The number of carbonyl (C=O) groups excluding carboxylic acids is 1. The molecule has 126 valence electrons. The summed E-state index contributed by atoms with van der Waals surface area (Å²) in [6, 6.07) is 13.0. The van der Waals surface area contributed by atoms with Gasteiger partial charge in [0.2, 0.25) is 0 Å². The highest BCUT2D eigenvalue weighted by Gasteiger charge is 2.28. The molecule has 0 bridgehead atoms. The van der Waals surface area contributed by atoms with E-state index in [1.54, 1.807) is 6.07 Å². The van der Waals surface area contributed by atoms with E-state index in [9.17, 15) is 9.59 Å². The Morgan fingerprint density at radius 2 is 1.92 bits per heavy atom. The molecule has 1 fully saturated rings. The van der Waals surface area contributed by atoms with Gasteiger partial charge >= 0.3 is 5.97 Å². The first-order valence-corrected chi connectivity index (χ1v) is 8.74. The van der Waals surface area contributed by atoms with Crippen molar-refractivity contribution in [3.8, 4) is 0 Å². The van der Waals surface area contributed by atoms with Crippen molar-refractivity contribution in [2.24, 2.45) is 5.92 Å². The third-order valence-electron chi connectivity index (χ3n) is 4.14. The van der Waals surface area contributed by atoms with E-state index >= 15 is 0 Å². The highest BCUT2D eigenvalue weighted by atomic mass is 32.1. The van der Waals surface area contributed by atoms with Gasteiger partial charge in [-0.3, -0.25) is 4.79 Å². The van der Waals surface area contributed by atoms with Crippen molar-refractivity contribution in [1.29, 1.82) is 0 Å². The minimum absolute atomic E-state index is 0.0156. The summed E-state index contributed by atoms with van der Waals surface area (Å²) in [4.78, 5) is 23.7. The van der Waals surface area contributed by atoms with Gasteiger partial charge in [-0.2, -0.15) is 0 Å². The van der Waals surface area contributed by atoms with Crippen LogP contribution in [0.2, 0.25) is 0 Å². The molecule has 2 atom stereocenters. The first-order valence-electron chi connectivity index (χ1n) is 7.93. The van der Waals surface area contributed by atoms with Crippen LogP contribution in [0.15, 0.2) is 42.5 Å². The zero-order chi connectivity index (χ0) is 16.9. The molecule has 0 aliphatic carbocycles. The van der Waals surface area contributed by atoms with Crippen molar-refractivity contribution in [3.63, 3.8) is 0 Å². The number of amides is 1. The number of carboxylic acid groups (broad SMARTS) is 1. The summed E-state index contributed by atoms with van der Waals surface area (Å²) in [5.41, 5.74) is 1.13. The van der Waals surface area contributed by atoms with Crippen molar-refractivity contribution >= 4 is 23.2 Å². The normalized spacial score (nSPS) is 20.5. The molecule has 2 heterocycles. The zero-order valence-electron chi connectivity index (χ0n) is 13.1. The van der Waals surface area contributed by atoms with Crippen LogP contribution in [0.1, 0.15) is 43.9 Å². The van der Waals surface area contributed by atoms with Crippen molar-refractivity contribution in [2.45, 2.75) is 18.9 Å². The Balaban J connectivity index is 1.63. The summed E-state index contributed by atoms with van der Waals surface area (Å²) in [5.74, 6) is -1.03. The molecule has 1 saturated heterocycles. The predicted octanol–water partition coefficient (Wildman–Crippen LogP) is 3.34. The Kier molecular flexibility index (Phi) is 5.27. The molecule has 0 saturated carbocycles. The average molecular weight is 345 g/mol. The fraction of sp³-hybridized carbons (Fsp3) is 0.333. The van der Waals surface area contributed by atoms with E-state index in [1.807, 2.05) is 30.3 Å². The number of hydrogen-bond donors (Lipinski definition) is 2. The van der Waals surface area contributed by atoms with E-state index in [0.717, 1.165) is 36.3 Å². The molecule has 2 aromatic rings. The van der Waals surface area contributed by atoms with Crippen molar-refractivity contribution < 1.29 is 19.4 Å². The van der Waals surface area contributed by atoms with Crippen molar-refractivity contribution in [3.05, 3.63) is 57.8 Å². The van der Waals surface area contributed by atoms with E-state index < -0.39 is 5.97 Å². The third kappa shape index (κ3) is 3.83. The SMILES string of the molecule is O=C(O)c1ccc(C(=O)NCC2CCCOC2c2ccccc2)s1. The van der Waals surface area contributed by atoms with Crippen LogP contribution in [-0.4, -0.2) is 30.1 Å². The minimum Gasteiger partial charge on any atom is -0.477 e. The van der Waals surface area contributed by atoms with Crippen LogP contribution >= 0.6 is 11.3 Å². The molecule has 5 nitrogen and oxygen atoms in total. The number of carbonyl (C=O) groups is 2. The summed E-state index contributed by atoms with van der Waals surface area (Å²) in [5, 5.41) is 11.9. The quantitative estimate of drug-likeness (QED) is 0.871. The first-order chi connectivity index (χ1) is 11.6. The Hall–Kier alpha value is -2.18. The second kappa shape index (κ2) is 7.59. The molecule has 1 aliphatic heterocycles. The van der Waals surface area contributed by atoms with Crippen LogP contribution in [0, 0.1) is 5.92 Å². The van der Waals surface area contributed by atoms with Gasteiger partial charge in [0.05, 0.1) is 11.0 Å². The van der Waals surface area contributed by atoms with Gasteiger partial charge in [-0.15, -0.1) is 11.3 Å². The van der Waals surface area contributed by atoms with Crippen LogP contribution in [0.25, 0.3) is 0 Å². The first kappa shape index (κ1) is 16.7. The lowest BCUT2D eigenvalue weighted by Crippen LogP contribution is -2.34. The van der Waals surface area contributed by atoms with Gasteiger partial charge in [0.15, 0.2) is 0 Å². The molecule has 3 rings (SSSR count). The van der Waals surface area contributed by atoms with E-state index in [2.05, 4.69) is 5.32 Å². The molecule has 0 radical (unpaired) electrons. The molecule has 1 amide bonds. The van der Waals surface area contributed by atoms with Crippen molar-refractivity contribution in [1.82, 2.24) is 5.32 Å². The molecular formula is C18H19NO4S. The summed E-state index contributed by atoms with van der Waals surface area (Å²) in [7, 11) is 0. The van der Waals surface area contributed by atoms with Gasteiger partial charge in [0, 0.05) is 19.1 Å². The number of nitrogens with one attached hydrogen (secondary N) is 1. The predicted molar refractivity (Wildman–Crippen MR) is 91.5 cm³/mol. The van der Waals surface area contributed by atoms with Crippen molar-refractivity contribution in [2.75, 3.05) is 13.2 Å². The van der Waals surface area contributed by atoms with Crippen LogP contribution in [0.3, 0.4) is 0 Å². The molecule has 1 aliphatic rings. The van der Waals surface area contributed by atoms with E-state index in [1.165, 1.54) is 6.07 Å². The summed E-state index contributed by atoms with van der Waals surface area (Å²) >= 11 is 0.990. The molecule has 24 heavy (non-hydrogen) atoms. The number of aromatic carboxylic acids is 1. The fourth-order valence-electron chi connectivity index (χ4n) is 2.95. The van der Waals surface area contributed by atoms with E-state index in [-0.39, 0.29) is 22.8 Å². The summed E-state index contributed by atoms with van der Waals surface area (Å²) < 4.78 is 5.92. The zero-order valence-corrected chi connectivity index (χ0v) is 13.9. The van der Waals surface area contributed by atoms with Gasteiger partial charge in [-0.25, -0.2) is 4.79 Å². The highest BCUT2D eigenvalue weighted by molar-refractivity contribution is 7.15. The fourth-order valence-corrected chi connectivity index (χ4v) is 3.71. The average Bonchev–Trinajstić information content (AvgIpc) is 3.11. The van der Waals surface area contributed by atoms with Gasteiger partial charge in [0.25, 0.3) is 5.91 Å². The minimum atomic E-state index is -1.01. The van der Waals surface area contributed by atoms with Crippen LogP contribution in [-0.2, 0) is 4.74 Å². The Morgan fingerprint density at radius 3 is 2.62 bits per heavy atom. The standard InChI is InChI=1S/C18H19NO4S/c20-17(14-8-9-15(24-14)18(21)22)19-11-13-7-4-10-23-16(13)12-5-2-1-3-6-12/h1-3,5-6,8-9,13,16H,4,7,10-11H2,(H,19,20)(H,21,22). The summed E-state index contributed by atoms with van der Waals surface area (Å²) in [6.07, 6.45) is 1.95. The second-order valence-corrected chi connectivity index (χ2v) is 6.87. The van der Waals surface area contributed by atoms with E-state index in [0.29, 0.717) is 11.4 Å². The van der Waals surface area contributed by atoms with Gasteiger partial charge in [-0.1, -0.05) is 30.3 Å². The lowest BCUT2D eigenvalue weighted by Gasteiger charge is -2.32. The topological polar surface area (TPSA) is 75.6 Å². The molecule has 2 unspecified atom stereocenters. The smallest absolute Gasteiger partial charge is 0.345 e. The third-order valence-corrected chi connectivity index (χ3v) is 5.21. The van der Waals surface area contributed by atoms with Crippen LogP contribution < -0.4 is 5.32 Å². The maximum absolute atomic E-state index is 12.2. The Bertz CT molecular complexity index is 713. The number of thiophene rings is 1. The Labute approximate surface area is 144 Å². The lowest BCUT2D eigenvalue weighted by atomic mass is 9.89. The molecule has 2 N–H and O–H groups in total. The van der Waals surface area contributed by atoms with Gasteiger partial charge < -0.3 is 15.2 Å². The van der Waals surface area contributed by atoms with Gasteiger partial charge in [-0.05, 0) is 30.5 Å². The number of rotatable bonds is 5. The lowest BCUT2D eigenvalue weighted by molar-refractivity contribution is -0.0272. The molecule has 6 heteroatoms.